The Morgan fingerprint density at radius 2 is 1.55 bits per heavy atom. The van der Waals surface area contributed by atoms with Crippen LogP contribution in [0.2, 0.25) is 17.8 Å². The van der Waals surface area contributed by atoms with Crippen LogP contribution in [-0.2, 0) is 35.9 Å². The summed E-state index contributed by atoms with van der Waals surface area (Å²) in [5.74, 6) is 0. The minimum atomic E-state index is -3.61. The van der Waals surface area contributed by atoms with Gasteiger partial charge in [0.05, 0.1) is 0 Å². The Kier molecular flexibility index (Phi) is 16.4. The van der Waals surface area contributed by atoms with E-state index in [4.69, 9.17) is 18.6 Å². The summed E-state index contributed by atoms with van der Waals surface area (Å²) in [6, 6.07) is 0. The molecule has 0 fully saturated rings. The SMILES string of the molecule is C1=CC[C]([Zr+2][C]2=CC=CC2)=C1.C=C(C)C=C(C)[CH2][Ti]([Cl])([Cl])([NH]C(C)(C)C)[SiH](C)C.[Cl-].[Cl-]. The first-order valence-electron chi connectivity index (χ1n) is 10.4. The molecule has 2 aliphatic carbocycles. The molecule has 0 unspecified atom stereocenters. The molecule has 0 amide bonds. The zero-order valence-electron chi connectivity index (χ0n) is 20.0. The first-order chi connectivity index (χ1) is 13.2. The second-order valence-corrected chi connectivity index (χ2v) is 42.2. The van der Waals surface area contributed by atoms with E-state index < -0.39 is 19.4 Å². The van der Waals surface area contributed by atoms with Crippen molar-refractivity contribution in [1.29, 1.82) is 0 Å². The quantitative estimate of drug-likeness (QED) is 0.333. The van der Waals surface area contributed by atoms with Gasteiger partial charge in [-0.05, 0) is 0 Å². The van der Waals surface area contributed by atoms with Gasteiger partial charge in [0.25, 0.3) is 0 Å². The van der Waals surface area contributed by atoms with Gasteiger partial charge in [0, 0.05) is 0 Å². The van der Waals surface area contributed by atoms with E-state index in [-0.39, 0.29) is 53.6 Å². The summed E-state index contributed by atoms with van der Waals surface area (Å²) in [6.45, 7) is 17.7. The summed E-state index contributed by atoms with van der Waals surface area (Å²) in [7, 11) is 14.1. The Morgan fingerprint density at radius 1 is 1.10 bits per heavy atom. The second-order valence-electron chi connectivity index (χ2n) is 9.59. The van der Waals surface area contributed by atoms with Gasteiger partial charge in [0.2, 0.25) is 0 Å². The van der Waals surface area contributed by atoms with Crippen LogP contribution in [0, 0.1) is 0 Å². The molecule has 0 aliphatic heterocycles. The van der Waals surface area contributed by atoms with Gasteiger partial charge in [-0.15, -0.1) is 0 Å². The third kappa shape index (κ3) is 13.7. The molecule has 31 heavy (non-hydrogen) atoms. The standard InChI is InChI=1S/C7H11.2C5H5.C4H10N.C2H7Si.4ClH.Ti.Zr/c1-6(2)5-7(3)4;2*1-2-4-5-3-1;1-4(2,3)5;1-3-2;;;;;;/h5H,1,3H2,2,4H3;2*1-3H,4H2;5H,1-3H3;3H,1-2H3;4*1H;;/q;;;-1;;;;;;+3;+2/p-4. The molecule has 0 spiro atoms. The summed E-state index contributed by atoms with van der Waals surface area (Å²) in [5, 5.41) is 0. The van der Waals surface area contributed by atoms with E-state index in [1.165, 1.54) is 18.4 Å². The maximum atomic E-state index is 7.03. The van der Waals surface area contributed by atoms with Gasteiger partial charge in [-0.3, -0.25) is 0 Å². The molecule has 0 saturated carbocycles. The average molecular weight is 638 g/mol. The fraction of sp³-hybridized carbons (Fsp3) is 0.478. The van der Waals surface area contributed by atoms with Gasteiger partial charge in [0.1, 0.15) is 0 Å². The third-order valence-electron chi connectivity index (χ3n) is 4.72. The second kappa shape index (κ2) is 14.7. The molecule has 0 saturated heterocycles. The van der Waals surface area contributed by atoms with Crippen LogP contribution in [0.25, 0.3) is 0 Å². The molecule has 2 rings (SSSR count). The smallest absolute Gasteiger partial charge is 1.00 e. The first kappa shape index (κ1) is 34.5. The van der Waals surface area contributed by atoms with Crippen molar-refractivity contribution in [2.45, 2.75) is 70.8 Å². The fourth-order valence-electron chi connectivity index (χ4n) is 3.43. The van der Waals surface area contributed by atoms with Gasteiger partial charge in [-0.1, -0.05) is 0 Å². The molecule has 0 aromatic carbocycles. The molecule has 175 valence electrons. The van der Waals surface area contributed by atoms with Crippen LogP contribution in [-0.4, -0.2) is 12.2 Å². The number of hydrogen-bond acceptors (Lipinski definition) is 1. The number of hydrogen-bond donors (Lipinski definition) is 1. The molecule has 0 aromatic rings. The molecule has 0 atom stereocenters. The Bertz CT molecular complexity index is 734. The van der Waals surface area contributed by atoms with E-state index in [0.29, 0.717) is 0 Å². The van der Waals surface area contributed by atoms with Crippen LogP contribution in [0.15, 0.2) is 66.8 Å². The van der Waals surface area contributed by atoms with Gasteiger partial charge < -0.3 is 24.8 Å². The van der Waals surface area contributed by atoms with Crippen molar-refractivity contribution in [2.24, 2.45) is 0 Å². The summed E-state index contributed by atoms with van der Waals surface area (Å²) in [6.07, 6.45) is 18.1. The summed E-state index contributed by atoms with van der Waals surface area (Å²) >= 11 is -3.92. The van der Waals surface area contributed by atoms with Gasteiger partial charge in [-0.25, -0.2) is 0 Å². The zero-order valence-corrected chi connectivity index (χ0v) is 28.2. The van der Waals surface area contributed by atoms with E-state index in [0.717, 1.165) is 10.3 Å². The molecule has 8 heteroatoms. The summed E-state index contributed by atoms with van der Waals surface area (Å²) < 4.78 is 7.89. The van der Waals surface area contributed by atoms with E-state index in [1.807, 2.05) is 6.92 Å². The zero-order chi connectivity index (χ0) is 22.3. The molecular weight excluding hydrogens is 599 g/mol. The first-order valence-corrected chi connectivity index (χ1v) is 24.6. The molecule has 0 heterocycles. The Balaban J connectivity index is 0. The molecular formula is C23H38Cl4NSiTiZr. The molecule has 1 nitrogen and oxygen atoms in total. The number of halogens is 4. The summed E-state index contributed by atoms with van der Waals surface area (Å²) in [5.41, 5.74) is 2.25. The van der Waals surface area contributed by atoms with Crippen LogP contribution in [0.3, 0.4) is 0 Å². The Hall–Kier alpha value is 1.37. The maximum absolute atomic E-state index is 7.03. The van der Waals surface area contributed by atoms with E-state index >= 15 is 0 Å². The fourth-order valence-corrected chi connectivity index (χ4v) is 21.8. The molecule has 0 radical (unpaired) electrons. The normalized spacial score (nSPS) is 16.7. The van der Waals surface area contributed by atoms with Crippen molar-refractivity contribution in [2.75, 3.05) is 0 Å². The van der Waals surface area contributed by atoms with Crippen LogP contribution in [0.5, 0.6) is 0 Å². The predicted octanol–water partition coefficient (Wildman–Crippen LogP) is 1.98. The van der Waals surface area contributed by atoms with Crippen molar-refractivity contribution < 1.29 is 60.7 Å². The van der Waals surface area contributed by atoms with Gasteiger partial charge in [-0.2, -0.15) is 0 Å². The van der Waals surface area contributed by atoms with Crippen molar-refractivity contribution >= 4 is 25.3 Å². The van der Waals surface area contributed by atoms with Crippen molar-refractivity contribution in [3.8, 4) is 0 Å². The van der Waals surface area contributed by atoms with Crippen LogP contribution >= 0.6 is 18.6 Å². The third-order valence-corrected chi connectivity index (χ3v) is 39.0. The summed E-state index contributed by atoms with van der Waals surface area (Å²) in [4.78, 5) is 0. The number of rotatable bonds is 7. The van der Waals surface area contributed by atoms with Crippen LogP contribution in [0.1, 0.15) is 47.5 Å². The Labute approximate surface area is 225 Å². The monoisotopic (exact) mass is 634 g/mol. The number of nitrogens with one attached hydrogen (secondary N) is 1. The molecule has 2 aliphatic rings. The predicted molar refractivity (Wildman–Crippen MR) is 131 cm³/mol. The average Bonchev–Trinajstić information content (AvgIpc) is 3.18. The molecule has 0 aromatic heterocycles. The van der Waals surface area contributed by atoms with Gasteiger partial charge >= 0.3 is 203 Å². The van der Waals surface area contributed by atoms with Crippen LogP contribution < -0.4 is 28.6 Å². The topological polar surface area (TPSA) is 12.0 Å². The molecule has 0 bridgehead atoms. The van der Waals surface area contributed by atoms with E-state index in [9.17, 15) is 0 Å². The van der Waals surface area contributed by atoms with Crippen LogP contribution in [0.4, 0.5) is 0 Å². The molecule has 1 N–H and O–H groups in total. The Morgan fingerprint density at radius 3 is 1.84 bits per heavy atom. The van der Waals surface area contributed by atoms with E-state index in [2.05, 4.69) is 93.7 Å². The largest absolute Gasteiger partial charge is 1.00 e. The minimum absolute atomic E-state index is 0. The minimum Gasteiger partial charge on any atom is -1.00 e. The number of allylic oxidation sites excluding steroid dienone is 11. The van der Waals surface area contributed by atoms with E-state index in [1.54, 1.807) is 6.56 Å². The van der Waals surface area contributed by atoms with Crippen molar-refractivity contribution in [3.05, 3.63) is 66.8 Å². The maximum Gasteiger partial charge on any atom is -1.00 e. The van der Waals surface area contributed by atoms with Crippen molar-refractivity contribution in [1.82, 2.24) is 3.80 Å². The van der Waals surface area contributed by atoms with Crippen molar-refractivity contribution in [3.63, 3.8) is 0 Å². The van der Waals surface area contributed by atoms with Gasteiger partial charge in [0.15, 0.2) is 0 Å².